The third-order valence-electron chi connectivity index (χ3n) is 2.13. The summed E-state index contributed by atoms with van der Waals surface area (Å²) in [6.45, 7) is 3.05. The Hall–Kier alpha value is -1.95. The van der Waals surface area contributed by atoms with Gasteiger partial charge in [0.25, 0.3) is 0 Å². The Morgan fingerprint density at radius 2 is 2.22 bits per heavy atom. The Morgan fingerprint density at radius 1 is 1.44 bits per heavy atom. The van der Waals surface area contributed by atoms with Gasteiger partial charge in [-0.15, -0.1) is 0 Å². The number of amides is 1. The van der Waals surface area contributed by atoms with Gasteiger partial charge in [0, 0.05) is 19.6 Å². The number of aromatic nitrogens is 1. The van der Waals surface area contributed by atoms with Gasteiger partial charge < -0.3 is 15.2 Å². The average Bonchev–Trinajstić information content (AvgIpc) is 2.35. The van der Waals surface area contributed by atoms with E-state index in [1.54, 1.807) is 6.07 Å². The maximum absolute atomic E-state index is 11.5. The van der Waals surface area contributed by atoms with Crippen LogP contribution >= 0.6 is 0 Å². The van der Waals surface area contributed by atoms with Crippen molar-refractivity contribution in [1.29, 1.82) is 0 Å². The number of anilines is 1. The number of aromatic carboxylic acids is 1. The van der Waals surface area contributed by atoms with Crippen molar-refractivity contribution in [2.24, 2.45) is 0 Å². The van der Waals surface area contributed by atoms with Crippen LogP contribution in [0.4, 0.5) is 5.82 Å². The molecule has 0 radical (unpaired) electrons. The van der Waals surface area contributed by atoms with Gasteiger partial charge in [-0.25, -0.2) is 9.78 Å². The van der Waals surface area contributed by atoms with Gasteiger partial charge >= 0.3 is 5.97 Å². The van der Waals surface area contributed by atoms with Gasteiger partial charge in [0.15, 0.2) is 5.69 Å². The molecular weight excluding hydrogens is 236 g/mol. The summed E-state index contributed by atoms with van der Waals surface area (Å²) in [5.74, 6) is -1.08. The number of carbonyl (C=O) groups is 2. The van der Waals surface area contributed by atoms with Crippen LogP contribution in [0.15, 0.2) is 18.2 Å². The molecule has 0 spiro atoms. The Labute approximate surface area is 105 Å². The van der Waals surface area contributed by atoms with E-state index in [0.717, 1.165) is 0 Å². The quantitative estimate of drug-likeness (QED) is 0.718. The number of nitrogens with one attached hydrogen (secondary N) is 1. The van der Waals surface area contributed by atoms with Crippen molar-refractivity contribution in [3.63, 3.8) is 0 Å². The van der Waals surface area contributed by atoms with E-state index in [0.29, 0.717) is 26.1 Å². The fraction of sp³-hybridized carbons (Fsp3) is 0.417. The largest absolute Gasteiger partial charge is 0.477 e. The van der Waals surface area contributed by atoms with Gasteiger partial charge in [-0.3, -0.25) is 4.79 Å². The molecule has 0 aromatic carbocycles. The summed E-state index contributed by atoms with van der Waals surface area (Å²) in [6, 6.07) is 4.45. The highest BCUT2D eigenvalue weighted by atomic mass is 16.5. The summed E-state index contributed by atoms with van der Waals surface area (Å²) in [6.07, 6.45) is 0.942. The number of nitrogens with zero attached hydrogens (tertiary/aromatic N) is 1. The first-order chi connectivity index (χ1) is 8.63. The molecule has 98 valence electrons. The number of rotatable bonds is 7. The molecule has 1 aromatic heterocycles. The number of pyridine rings is 1. The van der Waals surface area contributed by atoms with Gasteiger partial charge in [0.05, 0.1) is 0 Å². The zero-order valence-corrected chi connectivity index (χ0v) is 10.2. The summed E-state index contributed by atoms with van der Waals surface area (Å²) in [5, 5.41) is 11.3. The van der Waals surface area contributed by atoms with Crippen molar-refractivity contribution in [3.05, 3.63) is 23.9 Å². The average molecular weight is 252 g/mol. The Balaban J connectivity index is 2.44. The van der Waals surface area contributed by atoms with Crippen molar-refractivity contribution >= 4 is 17.7 Å². The maximum atomic E-state index is 11.5. The van der Waals surface area contributed by atoms with E-state index in [1.807, 2.05) is 6.92 Å². The Kier molecular flexibility index (Phi) is 5.79. The first kappa shape index (κ1) is 14.1. The van der Waals surface area contributed by atoms with Gasteiger partial charge in [-0.2, -0.15) is 0 Å². The Morgan fingerprint density at radius 3 is 2.89 bits per heavy atom. The predicted molar refractivity (Wildman–Crippen MR) is 65.6 cm³/mol. The zero-order valence-electron chi connectivity index (χ0n) is 10.2. The zero-order chi connectivity index (χ0) is 13.4. The normalized spacial score (nSPS) is 10.1. The summed E-state index contributed by atoms with van der Waals surface area (Å²) in [7, 11) is 0. The molecule has 0 saturated heterocycles. The fourth-order valence-corrected chi connectivity index (χ4v) is 1.31. The minimum Gasteiger partial charge on any atom is -0.477 e. The Bertz CT molecular complexity index is 420. The molecule has 0 aliphatic carbocycles. The number of hydrogen-bond donors (Lipinski definition) is 2. The summed E-state index contributed by atoms with van der Waals surface area (Å²) >= 11 is 0. The van der Waals surface area contributed by atoms with Crippen LogP contribution in [0.2, 0.25) is 0 Å². The lowest BCUT2D eigenvalue weighted by Gasteiger charge is -2.05. The number of carbonyl (C=O) groups excluding carboxylic acids is 1. The first-order valence-electron chi connectivity index (χ1n) is 5.71. The molecule has 1 rings (SSSR count). The van der Waals surface area contributed by atoms with Crippen molar-refractivity contribution in [3.8, 4) is 0 Å². The summed E-state index contributed by atoms with van der Waals surface area (Å²) in [5.41, 5.74) is -0.0953. The molecular formula is C12H16N2O4. The molecule has 6 heteroatoms. The van der Waals surface area contributed by atoms with Crippen LogP contribution in [0.3, 0.4) is 0 Å². The summed E-state index contributed by atoms with van der Waals surface area (Å²) < 4.78 is 5.11. The van der Waals surface area contributed by atoms with Crippen molar-refractivity contribution < 1.29 is 19.4 Å². The number of ether oxygens (including phenoxy) is 1. The van der Waals surface area contributed by atoms with E-state index in [1.165, 1.54) is 12.1 Å². The van der Waals surface area contributed by atoms with Crippen LogP contribution in [-0.2, 0) is 9.53 Å². The second kappa shape index (κ2) is 7.39. The molecule has 0 bridgehead atoms. The third-order valence-corrected chi connectivity index (χ3v) is 2.13. The molecule has 1 heterocycles. The molecule has 2 N–H and O–H groups in total. The van der Waals surface area contributed by atoms with E-state index in [2.05, 4.69) is 10.3 Å². The number of carboxylic acids is 1. The van der Waals surface area contributed by atoms with Gasteiger partial charge in [0.2, 0.25) is 5.91 Å². The fourth-order valence-electron chi connectivity index (χ4n) is 1.31. The van der Waals surface area contributed by atoms with Crippen LogP contribution in [0.1, 0.15) is 30.3 Å². The van der Waals surface area contributed by atoms with Crippen molar-refractivity contribution in [2.45, 2.75) is 19.8 Å². The molecule has 0 saturated carbocycles. The molecule has 18 heavy (non-hydrogen) atoms. The molecule has 0 unspecified atom stereocenters. The van der Waals surface area contributed by atoms with E-state index in [9.17, 15) is 9.59 Å². The molecule has 1 amide bonds. The molecule has 0 aliphatic heterocycles. The smallest absolute Gasteiger partial charge is 0.354 e. The van der Waals surface area contributed by atoms with Gasteiger partial charge in [0.1, 0.15) is 5.82 Å². The highest BCUT2D eigenvalue weighted by molar-refractivity contribution is 5.91. The summed E-state index contributed by atoms with van der Waals surface area (Å²) in [4.78, 5) is 26.0. The molecule has 6 nitrogen and oxygen atoms in total. The van der Waals surface area contributed by atoms with Crippen LogP contribution in [0.25, 0.3) is 0 Å². The molecule has 0 atom stereocenters. The van der Waals surface area contributed by atoms with E-state index in [4.69, 9.17) is 9.84 Å². The van der Waals surface area contributed by atoms with Crippen molar-refractivity contribution in [2.75, 3.05) is 18.5 Å². The minimum atomic E-state index is -1.12. The van der Waals surface area contributed by atoms with Crippen LogP contribution < -0.4 is 5.32 Å². The van der Waals surface area contributed by atoms with E-state index >= 15 is 0 Å². The highest BCUT2D eigenvalue weighted by Gasteiger charge is 2.07. The van der Waals surface area contributed by atoms with Crippen molar-refractivity contribution in [1.82, 2.24) is 4.98 Å². The lowest BCUT2D eigenvalue weighted by molar-refractivity contribution is -0.116. The van der Waals surface area contributed by atoms with Crippen LogP contribution in [0.5, 0.6) is 0 Å². The van der Waals surface area contributed by atoms with E-state index < -0.39 is 5.97 Å². The number of carboxylic acid groups (broad SMARTS) is 1. The van der Waals surface area contributed by atoms with Crippen LogP contribution in [0, 0.1) is 0 Å². The van der Waals surface area contributed by atoms with Crippen LogP contribution in [-0.4, -0.2) is 35.2 Å². The van der Waals surface area contributed by atoms with Gasteiger partial charge in [-0.05, 0) is 25.5 Å². The highest BCUT2D eigenvalue weighted by Crippen LogP contribution is 2.06. The monoisotopic (exact) mass is 252 g/mol. The maximum Gasteiger partial charge on any atom is 0.354 e. The predicted octanol–water partition coefficient (Wildman–Crippen LogP) is 1.54. The number of hydrogen-bond acceptors (Lipinski definition) is 4. The SMILES string of the molecule is CCOCCCC(=O)Nc1cccc(C(=O)O)n1. The minimum absolute atomic E-state index is 0.0953. The van der Waals surface area contributed by atoms with E-state index in [-0.39, 0.29) is 17.4 Å². The standard InChI is InChI=1S/C12H16N2O4/c1-2-18-8-4-7-11(15)14-10-6-3-5-9(13-10)12(16)17/h3,5-6H,2,4,7-8H2,1H3,(H,16,17)(H,13,14,15). The lowest BCUT2D eigenvalue weighted by atomic mass is 10.3. The second-order valence-electron chi connectivity index (χ2n) is 3.56. The lowest BCUT2D eigenvalue weighted by Crippen LogP contribution is -2.14. The van der Waals surface area contributed by atoms with Gasteiger partial charge in [-0.1, -0.05) is 6.07 Å². The first-order valence-corrected chi connectivity index (χ1v) is 5.71. The molecule has 1 aromatic rings. The second-order valence-corrected chi connectivity index (χ2v) is 3.56. The topological polar surface area (TPSA) is 88.5 Å². The third kappa shape index (κ3) is 4.92. The molecule has 0 aliphatic rings. The molecule has 0 fully saturated rings.